The highest BCUT2D eigenvalue weighted by Gasteiger charge is 2.41. The zero-order valence-electron chi connectivity index (χ0n) is 19.7. The molecule has 0 N–H and O–H groups in total. The first-order chi connectivity index (χ1) is 16.5. The van der Waals surface area contributed by atoms with Gasteiger partial charge >= 0.3 is 6.18 Å². The van der Waals surface area contributed by atoms with Gasteiger partial charge in [-0.1, -0.05) is 6.92 Å². The number of benzene rings is 1. The lowest BCUT2D eigenvalue weighted by atomic mass is 9.85. The monoisotopic (exact) mass is 490 g/mol. The number of carbonyl (C=O) groups excluding carboxylic acids is 1. The van der Waals surface area contributed by atoms with Crippen molar-refractivity contribution in [3.63, 3.8) is 0 Å². The number of pyridine rings is 1. The summed E-state index contributed by atoms with van der Waals surface area (Å²) in [6.07, 6.45) is -3.98. The van der Waals surface area contributed by atoms with Crippen LogP contribution in [0.1, 0.15) is 36.3 Å². The van der Waals surface area contributed by atoms with E-state index in [2.05, 4.69) is 20.1 Å². The van der Waals surface area contributed by atoms with Crippen molar-refractivity contribution < 1.29 is 22.4 Å². The summed E-state index contributed by atoms with van der Waals surface area (Å²) in [5.74, 6) is -1.52. The van der Waals surface area contributed by atoms with Crippen LogP contribution in [-0.2, 0) is 24.1 Å². The van der Waals surface area contributed by atoms with Crippen LogP contribution in [0.15, 0.2) is 18.2 Å². The average molecular weight is 491 g/mol. The Bertz CT molecular complexity index is 1300. The summed E-state index contributed by atoms with van der Waals surface area (Å²) >= 11 is 0. The number of aryl methyl sites for hydroxylation is 1. The lowest BCUT2D eigenvalue weighted by Crippen LogP contribution is -2.49. The van der Waals surface area contributed by atoms with Gasteiger partial charge < -0.3 is 14.4 Å². The van der Waals surface area contributed by atoms with E-state index in [1.54, 1.807) is 11.0 Å². The Morgan fingerprint density at radius 1 is 1.11 bits per heavy atom. The third kappa shape index (κ3) is 4.10. The van der Waals surface area contributed by atoms with Gasteiger partial charge in [0.1, 0.15) is 5.82 Å². The number of anilines is 1. The molecule has 3 aromatic rings. The standard InChI is InChI=1S/C24H26F4N6O/c1-13-11-32(21-14(2)15(3)29-19-5-4-16(25)10-18(19)21)7-6-17(13)22(35)33-8-9-34-20(12-33)30-31-23(34)24(26,27)28/h4-5,10,13,17H,6-9,11-12H2,1-3H3/t13-,17+/m1/s1. The van der Waals surface area contributed by atoms with E-state index in [-0.39, 0.29) is 49.0 Å². The van der Waals surface area contributed by atoms with Gasteiger partial charge in [0, 0.05) is 43.2 Å². The molecule has 5 rings (SSSR count). The molecule has 186 valence electrons. The van der Waals surface area contributed by atoms with Crippen LogP contribution in [0, 0.1) is 31.5 Å². The molecule has 11 heteroatoms. The molecule has 2 atom stereocenters. The fourth-order valence-corrected chi connectivity index (χ4v) is 5.35. The Morgan fingerprint density at radius 3 is 2.60 bits per heavy atom. The van der Waals surface area contributed by atoms with E-state index in [0.717, 1.165) is 32.4 Å². The highest BCUT2D eigenvalue weighted by molar-refractivity contribution is 5.94. The van der Waals surface area contributed by atoms with Crippen molar-refractivity contribution in [1.82, 2.24) is 24.6 Å². The van der Waals surface area contributed by atoms with Crippen LogP contribution >= 0.6 is 0 Å². The molecule has 4 heterocycles. The molecule has 2 aliphatic heterocycles. The first-order valence-electron chi connectivity index (χ1n) is 11.6. The summed E-state index contributed by atoms with van der Waals surface area (Å²) in [5.41, 5.74) is 3.53. The molecule has 0 spiro atoms. The fourth-order valence-electron chi connectivity index (χ4n) is 5.35. The van der Waals surface area contributed by atoms with Crippen molar-refractivity contribution in [2.45, 2.75) is 46.5 Å². The molecule has 0 radical (unpaired) electrons. The number of fused-ring (bicyclic) bond motifs is 2. The SMILES string of the molecule is Cc1nc2ccc(F)cc2c(N2CC[C@H](C(=O)N3CCn4c(nnc4C(F)(F)F)C3)[C@H](C)C2)c1C. The largest absolute Gasteiger partial charge is 0.451 e. The van der Waals surface area contributed by atoms with Crippen molar-refractivity contribution in [2.24, 2.45) is 11.8 Å². The normalized spacial score (nSPS) is 20.9. The number of halogens is 4. The molecule has 0 saturated carbocycles. The fraction of sp³-hybridized carbons (Fsp3) is 0.500. The van der Waals surface area contributed by atoms with E-state index in [0.29, 0.717) is 19.5 Å². The molecule has 0 unspecified atom stereocenters. The molecule has 1 aromatic carbocycles. The second-order valence-corrected chi connectivity index (χ2v) is 9.50. The Kier molecular flexibility index (Phi) is 5.68. The summed E-state index contributed by atoms with van der Waals surface area (Å²) in [6.45, 7) is 7.35. The number of hydrogen-bond acceptors (Lipinski definition) is 5. The lowest BCUT2D eigenvalue weighted by Gasteiger charge is -2.41. The van der Waals surface area contributed by atoms with Crippen molar-refractivity contribution in [2.75, 3.05) is 24.5 Å². The quantitative estimate of drug-likeness (QED) is 0.506. The molecule has 1 fully saturated rings. The maximum absolute atomic E-state index is 14.1. The summed E-state index contributed by atoms with van der Waals surface area (Å²) in [5, 5.41) is 7.72. The third-order valence-corrected chi connectivity index (χ3v) is 7.26. The highest BCUT2D eigenvalue weighted by atomic mass is 19.4. The number of aromatic nitrogens is 4. The molecule has 7 nitrogen and oxygen atoms in total. The van der Waals surface area contributed by atoms with Crippen molar-refractivity contribution >= 4 is 22.5 Å². The molecule has 1 amide bonds. The molecular formula is C24H26F4N6O. The Labute approximate surface area is 199 Å². The number of amides is 1. The zero-order valence-corrected chi connectivity index (χ0v) is 19.7. The second-order valence-electron chi connectivity index (χ2n) is 9.50. The van der Waals surface area contributed by atoms with Crippen LogP contribution in [0.2, 0.25) is 0 Å². The van der Waals surface area contributed by atoms with E-state index < -0.39 is 12.0 Å². The van der Waals surface area contributed by atoms with Crippen LogP contribution in [0.3, 0.4) is 0 Å². The lowest BCUT2D eigenvalue weighted by molar-refractivity contribution is -0.148. The van der Waals surface area contributed by atoms with E-state index in [1.807, 2.05) is 20.8 Å². The number of piperidine rings is 1. The minimum Gasteiger partial charge on any atom is -0.370 e. The van der Waals surface area contributed by atoms with Gasteiger partial charge in [-0.05, 0) is 49.9 Å². The van der Waals surface area contributed by atoms with Gasteiger partial charge in [-0.15, -0.1) is 10.2 Å². The van der Waals surface area contributed by atoms with Crippen LogP contribution in [0.5, 0.6) is 0 Å². The van der Waals surface area contributed by atoms with Gasteiger partial charge in [-0.2, -0.15) is 13.2 Å². The Balaban J connectivity index is 1.34. The third-order valence-electron chi connectivity index (χ3n) is 7.26. The van der Waals surface area contributed by atoms with Gasteiger partial charge in [0.15, 0.2) is 5.82 Å². The minimum atomic E-state index is -4.57. The van der Waals surface area contributed by atoms with Crippen LogP contribution < -0.4 is 4.90 Å². The van der Waals surface area contributed by atoms with E-state index >= 15 is 0 Å². The Morgan fingerprint density at radius 2 is 1.89 bits per heavy atom. The average Bonchev–Trinajstić information content (AvgIpc) is 3.24. The number of hydrogen-bond donors (Lipinski definition) is 0. The second kappa shape index (κ2) is 8.46. The predicted octanol–water partition coefficient (Wildman–Crippen LogP) is 4.11. The molecule has 2 aliphatic rings. The number of nitrogens with zero attached hydrogens (tertiary/aromatic N) is 6. The molecule has 0 aliphatic carbocycles. The summed E-state index contributed by atoms with van der Waals surface area (Å²) in [7, 11) is 0. The van der Waals surface area contributed by atoms with Gasteiger partial charge in [-0.3, -0.25) is 9.78 Å². The van der Waals surface area contributed by atoms with Crippen LogP contribution in [0.25, 0.3) is 10.9 Å². The van der Waals surface area contributed by atoms with E-state index in [9.17, 15) is 22.4 Å². The predicted molar refractivity (Wildman–Crippen MR) is 121 cm³/mol. The summed E-state index contributed by atoms with van der Waals surface area (Å²) in [6, 6.07) is 4.59. The van der Waals surface area contributed by atoms with Crippen LogP contribution in [0.4, 0.5) is 23.2 Å². The smallest absolute Gasteiger partial charge is 0.370 e. The van der Waals surface area contributed by atoms with Crippen molar-refractivity contribution in [1.29, 1.82) is 0 Å². The Hall–Kier alpha value is -3.24. The molecule has 0 bridgehead atoms. The maximum Gasteiger partial charge on any atom is 0.451 e. The number of rotatable bonds is 2. The summed E-state index contributed by atoms with van der Waals surface area (Å²) in [4.78, 5) is 21.7. The van der Waals surface area contributed by atoms with Gasteiger partial charge in [0.25, 0.3) is 0 Å². The molecule has 1 saturated heterocycles. The topological polar surface area (TPSA) is 67.2 Å². The first-order valence-corrected chi connectivity index (χ1v) is 11.6. The minimum absolute atomic E-state index is 0.00161. The first kappa shape index (κ1) is 23.5. The number of alkyl halides is 3. The van der Waals surface area contributed by atoms with Crippen molar-refractivity contribution in [3.05, 3.63) is 46.9 Å². The maximum atomic E-state index is 14.1. The van der Waals surface area contributed by atoms with Gasteiger partial charge in [-0.25, -0.2) is 4.39 Å². The molecule has 2 aromatic heterocycles. The van der Waals surface area contributed by atoms with E-state index in [4.69, 9.17) is 0 Å². The van der Waals surface area contributed by atoms with Gasteiger partial charge in [0.2, 0.25) is 11.7 Å². The van der Waals surface area contributed by atoms with Crippen molar-refractivity contribution in [3.8, 4) is 0 Å². The zero-order chi connectivity index (χ0) is 25.1. The van der Waals surface area contributed by atoms with Crippen LogP contribution in [-0.4, -0.2) is 50.2 Å². The molecular weight excluding hydrogens is 464 g/mol. The number of carbonyl (C=O) groups is 1. The summed E-state index contributed by atoms with van der Waals surface area (Å²) < 4.78 is 54.5. The van der Waals surface area contributed by atoms with E-state index in [1.165, 1.54) is 12.1 Å². The van der Waals surface area contributed by atoms with Gasteiger partial charge in [0.05, 0.1) is 17.7 Å². The molecule has 35 heavy (non-hydrogen) atoms. The highest BCUT2D eigenvalue weighted by Crippen LogP contribution is 2.37.